The van der Waals surface area contributed by atoms with Crippen LogP contribution in [0.5, 0.6) is 5.75 Å². The van der Waals surface area contributed by atoms with Crippen LogP contribution in [0.1, 0.15) is 93.4 Å². The number of piperazine rings is 1. The Labute approximate surface area is 381 Å². The number of benzene rings is 3. The number of carbonyl (C=O) groups excluding carboxylic acids is 4. The fourth-order valence-corrected chi connectivity index (χ4v) is 8.01. The standard InChI is InChI=1S/C51H62FN5O8/c1-6-39(63-45(27-34-14-15-34)47(58)54-43-20-18-37(29-41(43)49(60)62-5)56-25-10-11-36(52)32-56)22-23-51(3,4)65-50(61)42-30-38(57-26-24-53-33(2)31-57)19-21-44(42)55-48(59)46(28-35-16-17-35)64-40-12-8-7-9-13-40/h6-9,11-13,18-23,29-30,33-35,45-46,53H,10,14-17,24-28,31-32H2,1-5H3,(H,54,58)(H,55,59)/b23-22-,39-6+/t33-,45-,46-/m0/s1. The molecule has 7 rings (SSSR count). The van der Waals surface area contributed by atoms with Crippen LogP contribution >= 0.6 is 0 Å². The van der Waals surface area contributed by atoms with Gasteiger partial charge in [0, 0.05) is 43.6 Å². The molecule has 3 aromatic rings. The Bertz CT molecular complexity index is 2290. The Balaban J connectivity index is 1.06. The molecule has 346 valence electrons. The van der Waals surface area contributed by atoms with Gasteiger partial charge in [0.05, 0.1) is 36.2 Å². The van der Waals surface area contributed by atoms with Crippen molar-refractivity contribution in [2.45, 2.75) is 96.5 Å². The van der Waals surface area contributed by atoms with Gasteiger partial charge in [-0.15, -0.1) is 0 Å². The fourth-order valence-electron chi connectivity index (χ4n) is 8.01. The van der Waals surface area contributed by atoms with Gasteiger partial charge in [0.25, 0.3) is 11.8 Å². The van der Waals surface area contributed by atoms with Gasteiger partial charge in [0.1, 0.15) is 22.9 Å². The van der Waals surface area contributed by atoms with E-state index in [1.807, 2.05) is 41.3 Å². The van der Waals surface area contributed by atoms with Gasteiger partial charge in [0.15, 0.2) is 12.2 Å². The van der Waals surface area contributed by atoms with E-state index in [9.17, 15) is 23.6 Å². The molecule has 0 unspecified atom stereocenters. The second-order valence-electron chi connectivity index (χ2n) is 18.0. The van der Waals surface area contributed by atoms with Crippen molar-refractivity contribution in [3.05, 3.63) is 114 Å². The van der Waals surface area contributed by atoms with Gasteiger partial charge in [-0.2, -0.15) is 0 Å². The van der Waals surface area contributed by atoms with Crippen molar-refractivity contribution in [2.75, 3.05) is 60.3 Å². The predicted molar refractivity (Wildman–Crippen MR) is 250 cm³/mol. The molecule has 0 bridgehead atoms. The van der Waals surface area contributed by atoms with Gasteiger partial charge in [-0.1, -0.05) is 43.9 Å². The van der Waals surface area contributed by atoms with Crippen molar-refractivity contribution in [3.63, 3.8) is 0 Å². The average Bonchev–Trinajstić information content (AvgIpc) is 4.25. The van der Waals surface area contributed by atoms with Crippen LogP contribution in [0.4, 0.5) is 27.1 Å². The first kappa shape index (κ1) is 46.8. The molecule has 2 heterocycles. The van der Waals surface area contributed by atoms with Gasteiger partial charge in [0.2, 0.25) is 0 Å². The van der Waals surface area contributed by atoms with Crippen molar-refractivity contribution < 1.29 is 42.5 Å². The Morgan fingerprint density at radius 2 is 1.46 bits per heavy atom. The molecule has 65 heavy (non-hydrogen) atoms. The largest absolute Gasteiger partial charge is 0.481 e. The van der Waals surface area contributed by atoms with Crippen LogP contribution in [0, 0.1) is 11.8 Å². The van der Waals surface area contributed by atoms with E-state index in [1.165, 1.54) is 7.11 Å². The third kappa shape index (κ3) is 13.2. The molecule has 0 radical (unpaired) electrons. The molecule has 0 spiro atoms. The summed E-state index contributed by atoms with van der Waals surface area (Å²) in [7, 11) is 1.27. The summed E-state index contributed by atoms with van der Waals surface area (Å²) < 4.78 is 37.9. The fraction of sp³-hybridized carbons (Fsp3) is 0.451. The van der Waals surface area contributed by atoms with Gasteiger partial charge in [-0.3, -0.25) is 9.59 Å². The SMILES string of the molecule is C/C=C(\C=C/C(C)(C)OC(=O)c1cc(N2CCN[C@@H](C)C2)ccc1NC(=O)[C@H](CC1CC1)Oc1ccccc1)O[C@@H](CC1CC1)C(=O)Nc1ccc(N2CCC=C(F)C2)cc1C(=O)OC. The number of nitrogens with zero attached hydrogens (tertiary/aromatic N) is 2. The van der Waals surface area contributed by atoms with E-state index < -0.39 is 35.7 Å². The number of allylic oxidation sites excluding steroid dienone is 2. The maximum Gasteiger partial charge on any atom is 0.341 e. The van der Waals surface area contributed by atoms with Gasteiger partial charge >= 0.3 is 11.9 Å². The summed E-state index contributed by atoms with van der Waals surface area (Å²) in [5, 5.41) is 9.35. The summed E-state index contributed by atoms with van der Waals surface area (Å²) in [6, 6.07) is 19.9. The lowest BCUT2D eigenvalue weighted by Crippen LogP contribution is -2.49. The first-order valence-electron chi connectivity index (χ1n) is 22.8. The molecule has 14 heteroatoms. The zero-order chi connectivity index (χ0) is 46.1. The number of esters is 2. The number of para-hydroxylation sites is 1. The highest BCUT2D eigenvalue weighted by Crippen LogP contribution is 2.37. The Morgan fingerprint density at radius 3 is 2.06 bits per heavy atom. The maximum absolute atomic E-state index is 14.3. The molecule has 3 fully saturated rings. The van der Waals surface area contributed by atoms with Crippen LogP contribution in [0.25, 0.3) is 0 Å². The Kier molecular flexibility index (Phi) is 15.3. The number of anilines is 4. The quantitative estimate of drug-likeness (QED) is 0.0603. The molecule has 4 aliphatic rings. The third-order valence-electron chi connectivity index (χ3n) is 12.0. The molecule has 0 aromatic heterocycles. The summed E-state index contributed by atoms with van der Waals surface area (Å²) in [5.74, 6) is -0.626. The van der Waals surface area contributed by atoms with Crippen molar-refractivity contribution in [1.82, 2.24) is 5.32 Å². The number of halogens is 1. The Morgan fingerprint density at radius 1 is 0.846 bits per heavy atom. The first-order chi connectivity index (χ1) is 31.3. The van der Waals surface area contributed by atoms with E-state index in [2.05, 4.69) is 27.8 Å². The molecule has 2 amide bonds. The topological polar surface area (TPSA) is 148 Å². The molecule has 3 aromatic carbocycles. The van der Waals surface area contributed by atoms with Crippen LogP contribution in [-0.2, 0) is 23.8 Å². The summed E-state index contributed by atoms with van der Waals surface area (Å²) >= 11 is 0. The highest BCUT2D eigenvalue weighted by Gasteiger charge is 2.34. The number of nitrogens with one attached hydrogen (secondary N) is 3. The lowest BCUT2D eigenvalue weighted by molar-refractivity contribution is -0.125. The lowest BCUT2D eigenvalue weighted by Gasteiger charge is -2.34. The zero-order valence-electron chi connectivity index (χ0n) is 38.1. The van der Waals surface area contributed by atoms with Crippen LogP contribution in [0.15, 0.2) is 103 Å². The predicted octanol–water partition coefficient (Wildman–Crippen LogP) is 8.74. The molecular weight excluding hydrogens is 830 g/mol. The molecule has 3 atom stereocenters. The van der Waals surface area contributed by atoms with E-state index in [0.29, 0.717) is 60.5 Å². The van der Waals surface area contributed by atoms with Crippen LogP contribution in [0.2, 0.25) is 0 Å². The van der Waals surface area contributed by atoms with Crippen LogP contribution in [0.3, 0.4) is 0 Å². The molecule has 2 aliphatic heterocycles. The minimum atomic E-state index is -1.17. The number of hydrogen-bond acceptors (Lipinski definition) is 11. The van der Waals surface area contributed by atoms with Crippen LogP contribution < -0.4 is 30.5 Å². The molecule has 3 N–H and O–H groups in total. The maximum atomic E-state index is 14.3. The number of methoxy groups -OCH3 is 1. The summed E-state index contributed by atoms with van der Waals surface area (Å²) in [6.45, 7) is 10.3. The van der Waals surface area contributed by atoms with E-state index >= 15 is 0 Å². The lowest BCUT2D eigenvalue weighted by atomic mass is 10.1. The summed E-state index contributed by atoms with van der Waals surface area (Å²) in [6.07, 6.45) is 10.6. The van der Waals surface area contributed by atoms with Crippen molar-refractivity contribution in [1.29, 1.82) is 0 Å². The normalized spacial score (nSPS) is 18.9. The minimum Gasteiger partial charge on any atom is -0.481 e. The first-order valence-corrected chi connectivity index (χ1v) is 22.8. The summed E-state index contributed by atoms with van der Waals surface area (Å²) in [4.78, 5) is 59.2. The van der Waals surface area contributed by atoms with Crippen molar-refractivity contribution in [2.24, 2.45) is 11.8 Å². The van der Waals surface area contributed by atoms with E-state index in [0.717, 1.165) is 51.0 Å². The van der Waals surface area contributed by atoms with Gasteiger partial charge < -0.3 is 44.7 Å². The molecule has 13 nitrogen and oxygen atoms in total. The van der Waals surface area contributed by atoms with E-state index in [-0.39, 0.29) is 41.1 Å². The number of carbonyl (C=O) groups is 4. The minimum absolute atomic E-state index is 0.0913. The molecular formula is C51H62FN5O8. The Hall–Kier alpha value is -6.15. The van der Waals surface area contributed by atoms with E-state index in [1.54, 1.807) is 75.4 Å². The zero-order valence-corrected chi connectivity index (χ0v) is 38.1. The second-order valence-corrected chi connectivity index (χ2v) is 18.0. The highest BCUT2D eigenvalue weighted by atomic mass is 19.1. The van der Waals surface area contributed by atoms with Crippen LogP contribution in [-0.4, -0.2) is 87.4 Å². The monoisotopic (exact) mass is 891 g/mol. The number of amides is 2. The smallest absolute Gasteiger partial charge is 0.341 e. The van der Waals surface area contributed by atoms with Crippen molar-refractivity contribution >= 4 is 46.5 Å². The number of ether oxygens (including phenoxy) is 4. The average molecular weight is 892 g/mol. The van der Waals surface area contributed by atoms with E-state index in [4.69, 9.17) is 18.9 Å². The molecule has 2 saturated carbocycles. The molecule has 2 aliphatic carbocycles. The third-order valence-corrected chi connectivity index (χ3v) is 12.0. The second kappa shape index (κ2) is 21.2. The molecule has 1 saturated heterocycles. The van der Waals surface area contributed by atoms with Gasteiger partial charge in [-0.25, -0.2) is 14.0 Å². The van der Waals surface area contributed by atoms with Gasteiger partial charge in [-0.05, 0) is 132 Å². The number of hydrogen-bond donors (Lipinski definition) is 3. The van der Waals surface area contributed by atoms with Crippen molar-refractivity contribution in [3.8, 4) is 5.75 Å². The number of rotatable bonds is 19. The highest BCUT2D eigenvalue weighted by molar-refractivity contribution is 6.04. The summed E-state index contributed by atoms with van der Waals surface area (Å²) in [5.41, 5.74) is 1.22.